The van der Waals surface area contributed by atoms with Crippen LogP contribution in [-0.4, -0.2) is 58.6 Å². The van der Waals surface area contributed by atoms with E-state index in [1.165, 1.54) is 38.8 Å². The van der Waals surface area contributed by atoms with Crippen LogP contribution in [0.3, 0.4) is 0 Å². The number of likely N-dealkylation sites (tertiary alicyclic amines) is 1. The van der Waals surface area contributed by atoms with Gasteiger partial charge in [0.25, 0.3) is 0 Å². The molecule has 0 radical (unpaired) electrons. The Bertz CT molecular complexity index is 308. The lowest BCUT2D eigenvalue weighted by atomic mass is 9.97. The zero-order valence-corrected chi connectivity index (χ0v) is 10.3. The predicted molar refractivity (Wildman–Crippen MR) is 65.0 cm³/mol. The number of fused-ring (bicyclic) bond motifs is 1. The van der Waals surface area contributed by atoms with Crippen LogP contribution in [0.5, 0.6) is 0 Å². The molecule has 3 aliphatic rings. The van der Waals surface area contributed by atoms with E-state index in [4.69, 9.17) is 0 Å². The van der Waals surface area contributed by atoms with E-state index < -0.39 is 5.97 Å². The summed E-state index contributed by atoms with van der Waals surface area (Å²) >= 11 is 0. The Morgan fingerprint density at radius 3 is 2.65 bits per heavy atom. The molecule has 0 aromatic rings. The molecule has 17 heavy (non-hydrogen) atoms. The Morgan fingerprint density at radius 1 is 0.941 bits per heavy atom. The molecule has 0 aromatic carbocycles. The zero-order valence-electron chi connectivity index (χ0n) is 10.3. The molecule has 96 valence electrons. The summed E-state index contributed by atoms with van der Waals surface area (Å²) in [6, 6.07) is 0.949. The van der Waals surface area contributed by atoms with E-state index in [1.54, 1.807) is 0 Å². The second-order valence-electron chi connectivity index (χ2n) is 5.69. The molecule has 0 bridgehead atoms. The normalized spacial score (nSPS) is 39.4. The number of carboxylic acid groups (broad SMARTS) is 1. The Balaban J connectivity index is 1.73. The van der Waals surface area contributed by atoms with E-state index in [0.717, 1.165) is 19.4 Å². The highest BCUT2D eigenvalue weighted by atomic mass is 16.4. The van der Waals surface area contributed by atoms with E-state index in [1.807, 2.05) is 0 Å². The van der Waals surface area contributed by atoms with Gasteiger partial charge >= 0.3 is 5.97 Å². The summed E-state index contributed by atoms with van der Waals surface area (Å²) in [4.78, 5) is 16.2. The van der Waals surface area contributed by atoms with Crippen molar-refractivity contribution < 1.29 is 9.90 Å². The average Bonchev–Trinajstić information content (AvgIpc) is 2.94. The van der Waals surface area contributed by atoms with Crippen LogP contribution < -0.4 is 0 Å². The molecule has 1 N–H and O–H groups in total. The van der Waals surface area contributed by atoms with Crippen molar-refractivity contribution in [3.8, 4) is 0 Å². The molecule has 3 unspecified atom stereocenters. The van der Waals surface area contributed by atoms with Crippen LogP contribution in [-0.2, 0) is 4.79 Å². The topological polar surface area (TPSA) is 43.8 Å². The Morgan fingerprint density at radius 2 is 1.82 bits per heavy atom. The van der Waals surface area contributed by atoms with Crippen molar-refractivity contribution in [3.63, 3.8) is 0 Å². The minimum absolute atomic E-state index is 0.207. The van der Waals surface area contributed by atoms with Gasteiger partial charge < -0.3 is 5.11 Å². The average molecular weight is 238 g/mol. The minimum atomic E-state index is -0.614. The van der Waals surface area contributed by atoms with Crippen LogP contribution in [0.1, 0.15) is 38.5 Å². The molecular weight excluding hydrogens is 216 g/mol. The monoisotopic (exact) mass is 238 g/mol. The van der Waals surface area contributed by atoms with E-state index in [-0.39, 0.29) is 6.04 Å². The molecule has 3 atom stereocenters. The van der Waals surface area contributed by atoms with Crippen molar-refractivity contribution >= 4 is 5.97 Å². The van der Waals surface area contributed by atoms with Gasteiger partial charge in [0.2, 0.25) is 0 Å². The number of nitrogens with zero attached hydrogens (tertiary/aromatic N) is 2. The van der Waals surface area contributed by atoms with Crippen molar-refractivity contribution in [2.45, 2.75) is 56.7 Å². The third-order valence-corrected chi connectivity index (χ3v) is 4.83. The molecule has 4 nitrogen and oxygen atoms in total. The maximum atomic E-state index is 11.3. The third kappa shape index (κ3) is 1.97. The minimum Gasteiger partial charge on any atom is -0.480 e. The number of rotatable bonds is 2. The summed E-state index contributed by atoms with van der Waals surface area (Å²) in [6.45, 7) is 3.40. The first-order valence-corrected chi connectivity index (χ1v) is 7.00. The zero-order chi connectivity index (χ0) is 11.8. The first-order valence-electron chi connectivity index (χ1n) is 7.00. The summed E-state index contributed by atoms with van der Waals surface area (Å²) in [5.41, 5.74) is 0. The molecule has 0 saturated carbocycles. The van der Waals surface area contributed by atoms with E-state index in [2.05, 4.69) is 9.80 Å². The lowest BCUT2D eigenvalue weighted by Gasteiger charge is -2.37. The SMILES string of the molecule is O=C(O)C1CCCN1C1CCN2CCCCC12. The number of carboxylic acids is 1. The summed E-state index contributed by atoms with van der Waals surface area (Å²) in [7, 11) is 0. The molecule has 3 aliphatic heterocycles. The lowest BCUT2D eigenvalue weighted by Crippen LogP contribution is -2.50. The van der Waals surface area contributed by atoms with Crippen LogP contribution in [0.4, 0.5) is 0 Å². The molecule has 3 rings (SSSR count). The predicted octanol–water partition coefficient (Wildman–Crippen LogP) is 1.16. The van der Waals surface area contributed by atoms with E-state index >= 15 is 0 Å². The summed E-state index contributed by atoms with van der Waals surface area (Å²) in [5, 5.41) is 9.28. The molecule has 3 saturated heterocycles. The fourth-order valence-corrected chi connectivity index (χ4v) is 4.06. The third-order valence-electron chi connectivity index (χ3n) is 4.83. The van der Waals surface area contributed by atoms with Gasteiger partial charge in [0, 0.05) is 18.6 Å². The molecule has 0 spiro atoms. The van der Waals surface area contributed by atoms with Crippen LogP contribution in [0, 0.1) is 0 Å². The van der Waals surface area contributed by atoms with Crippen LogP contribution in [0.25, 0.3) is 0 Å². The van der Waals surface area contributed by atoms with Gasteiger partial charge in [-0.1, -0.05) is 6.42 Å². The highest BCUT2D eigenvalue weighted by Crippen LogP contribution is 2.34. The van der Waals surface area contributed by atoms with Crippen molar-refractivity contribution in [1.82, 2.24) is 9.80 Å². The second kappa shape index (κ2) is 4.58. The van der Waals surface area contributed by atoms with Crippen LogP contribution in [0.2, 0.25) is 0 Å². The second-order valence-corrected chi connectivity index (χ2v) is 5.69. The number of carbonyl (C=O) groups is 1. The Hall–Kier alpha value is -0.610. The van der Waals surface area contributed by atoms with Crippen LogP contribution in [0.15, 0.2) is 0 Å². The van der Waals surface area contributed by atoms with Crippen molar-refractivity contribution in [1.29, 1.82) is 0 Å². The summed E-state index contributed by atoms with van der Waals surface area (Å²) in [6.07, 6.45) is 7.00. The lowest BCUT2D eigenvalue weighted by molar-refractivity contribution is -0.143. The highest BCUT2D eigenvalue weighted by Gasteiger charge is 2.44. The maximum Gasteiger partial charge on any atom is 0.320 e. The van der Waals surface area contributed by atoms with Gasteiger partial charge in [-0.25, -0.2) is 0 Å². The van der Waals surface area contributed by atoms with Gasteiger partial charge in [0.05, 0.1) is 0 Å². The van der Waals surface area contributed by atoms with Crippen molar-refractivity contribution in [2.75, 3.05) is 19.6 Å². The Kier molecular flexibility index (Phi) is 3.09. The molecule has 3 fully saturated rings. The number of hydrogen-bond acceptors (Lipinski definition) is 3. The smallest absolute Gasteiger partial charge is 0.320 e. The molecule has 3 heterocycles. The van der Waals surface area contributed by atoms with Crippen molar-refractivity contribution in [2.24, 2.45) is 0 Å². The maximum absolute atomic E-state index is 11.3. The molecular formula is C13H22N2O2. The standard InChI is InChI=1S/C13H22N2O2/c16-13(17)12-5-3-8-15(12)11-6-9-14-7-2-1-4-10(11)14/h10-12H,1-9H2,(H,16,17). The quantitative estimate of drug-likeness (QED) is 0.784. The molecule has 0 amide bonds. The number of hydrogen-bond donors (Lipinski definition) is 1. The molecule has 0 aromatic heterocycles. The molecule has 4 heteroatoms. The molecule has 0 aliphatic carbocycles. The summed E-state index contributed by atoms with van der Waals surface area (Å²) in [5.74, 6) is -0.614. The van der Waals surface area contributed by atoms with Gasteiger partial charge in [0.15, 0.2) is 0 Å². The fraction of sp³-hybridized carbons (Fsp3) is 0.923. The van der Waals surface area contributed by atoms with Crippen LogP contribution >= 0.6 is 0 Å². The van der Waals surface area contributed by atoms with Gasteiger partial charge in [-0.05, 0) is 45.2 Å². The number of piperidine rings is 1. The fourth-order valence-electron chi connectivity index (χ4n) is 4.06. The summed E-state index contributed by atoms with van der Waals surface area (Å²) < 4.78 is 0. The van der Waals surface area contributed by atoms with E-state index in [0.29, 0.717) is 12.1 Å². The van der Waals surface area contributed by atoms with Gasteiger partial charge in [-0.3, -0.25) is 14.6 Å². The Labute approximate surface area is 103 Å². The highest BCUT2D eigenvalue weighted by molar-refractivity contribution is 5.73. The van der Waals surface area contributed by atoms with Gasteiger partial charge in [0.1, 0.15) is 6.04 Å². The number of aliphatic carboxylic acids is 1. The first kappa shape index (κ1) is 11.5. The van der Waals surface area contributed by atoms with Gasteiger partial charge in [-0.15, -0.1) is 0 Å². The van der Waals surface area contributed by atoms with Gasteiger partial charge in [-0.2, -0.15) is 0 Å². The largest absolute Gasteiger partial charge is 0.480 e. The van der Waals surface area contributed by atoms with Crippen molar-refractivity contribution in [3.05, 3.63) is 0 Å². The first-order chi connectivity index (χ1) is 8.27. The van der Waals surface area contributed by atoms with E-state index in [9.17, 15) is 9.90 Å².